The highest BCUT2D eigenvalue weighted by atomic mass is 19.3. The van der Waals surface area contributed by atoms with Crippen LogP contribution >= 0.6 is 0 Å². The smallest absolute Gasteiger partial charge is 0.301 e. The number of hydrogen-bond acceptors (Lipinski definition) is 2. The van der Waals surface area contributed by atoms with Gasteiger partial charge in [-0.25, -0.2) is 20.3 Å². The largest absolute Gasteiger partial charge is 0.438 e. The van der Waals surface area contributed by atoms with Crippen molar-refractivity contribution in [3.05, 3.63) is 28.8 Å². The fraction of sp³-hybridized carbons (Fsp3) is 0.636. The molecule has 0 amide bonds. The zero-order valence-corrected chi connectivity index (χ0v) is 9.71. The van der Waals surface area contributed by atoms with E-state index in [1.54, 1.807) is 27.7 Å². The van der Waals surface area contributed by atoms with Crippen molar-refractivity contribution < 1.29 is 13.2 Å². The van der Waals surface area contributed by atoms with E-state index in [1.165, 1.54) is 0 Å². The fourth-order valence-electron chi connectivity index (χ4n) is 1.22. The monoisotopic (exact) mass is 228 g/mol. The molecule has 0 saturated carbocycles. The third kappa shape index (κ3) is 2.21. The summed E-state index contributed by atoms with van der Waals surface area (Å²) in [6.07, 6.45) is -2.67. The molecule has 1 heterocycles. The summed E-state index contributed by atoms with van der Waals surface area (Å²) >= 11 is 0. The number of aromatic nitrogens is 1. The van der Waals surface area contributed by atoms with Crippen LogP contribution in [0.4, 0.5) is 8.78 Å². The van der Waals surface area contributed by atoms with Crippen molar-refractivity contribution in [3.63, 3.8) is 0 Å². The van der Waals surface area contributed by atoms with Gasteiger partial charge < -0.3 is 9.26 Å². The van der Waals surface area contributed by atoms with Crippen LogP contribution in [0.3, 0.4) is 0 Å². The second-order valence-electron chi connectivity index (χ2n) is 4.39. The molecule has 1 aromatic rings. The number of alkyl halides is 2. The molecule has 0 unspecified atom stereocenters. The van der Waals surface area contributed by atoms with E-state index in [0.29, 0.717) is 0 Å². The average molecular weight is 228 g/mol. The van der Waals surface area contributed by atoms with E-state index in [9.17, 15) is 8.78 Å². The Morgan fingerprint density at radius 2 is 1.94 bits per heavy atom. The molecule has 88 valence electrons. The summed E-state index contributed by atoms with van der Waals surface area (Å²) in [4.78, 5) is 7.06. The average Bonchev–Trinajstić information content (AvgIpc) is 2.62. The standard InChI is InChI=1S/C11H14F2N2O/c1-6(2)8-7(9(12)13)15-10(16-8)11(3,4)14-5/h6,9H,1-4H3. The van der Waals surface area contributed by atoms with Gasteiger partial charge in [-0.3, -0.25) is 0 Å². The zero-order valence-electron chi connectivity index (χ0n) is 9.71. The van der Waals surface area contributed by atoms with Crippen LogP contribution in [-0.2, 0) is 5.54 Å². The van der Waals surface area contributed by atoms with Gasteiger partial charge >= 0.3 is 5.54 Å². The maximum Gasteiger partial charge on any atom is 0.301 e. The zero-order chi connectivity index (χ0) is 12.5. The number of rotatable bonds is 3. The summed E-state index contributed by atoms with van der Waals surface area (Å²) < 4.78 is 30.7. The summed E-state index contributed by atoms with van der Waals surface area (Å²) in [6.45, 7) is 13.7. The SMILES string of the molecule is [C-]#[N+]C(C)(C)c1nc(C(F)F)c(C(C)C)o1. The van der Waals surface area contributed by atoms with Gasteiger partial charge in [0, 0.05) is 19.8 Å². The van der Waals surface area contributed by atoms with Crippen molar-refractivity contribution in [1.29, 1.82) is 0 Å². The number of hydrogen-bond donors (Lipinski definition) is 0. The second kappa shape index (κ2) is 4.20. The molecule has 0 aliphatic heterocycles. The Balaban J connectivity index is 3.28. The summed E-state index contributed by atoms with van der Waals surface area (Å²) in [5, 5.41) is 0. The summed E-state index contributed by atoms with van der Waals surface area (Å²) in [5.41, 5.74) is -1.35. The molecule has 0 atom stereocenters. The third-order valence-corrected chi connectivity index (χ3v) is 2.22. The topological polar surface area (TPSA) is 30.4 Å². The van der Waals surface area contributed by atoms with Crippen molar-refractivity contribution in [3.8, 4) is 0 Å². The third-order valence-electron chi connectivity index (χ3n) is 2.22. The maximum atomic E-state index is 12.7. The number of oxazole rings is 1. The number of halogens is 2. The van der Waals surface area contributed by atoms with Crippen LogP contribution in [-0.4, -0.2) is 4.98 Å². The first-order chi connectivity index (χ1) is 7.29. The second-order valence-corrected chi connectivity index (χ2v) is 4.39. The lowest BCUT2D eigenvalue weighted by Gasteiger charge is -2.05. The Labute approximate surface area is 93.3 Å². The van der Waals surface area contributed by atoms with Gasteiger partial charge in [0.2, 0.25) is 0 Å². The van der Waals surface area contributed by atoms with Crippen molar-refractivity contribution in [2.24, 2.45) is 0 Å². The van der Waals surface area contributed by atoms with E-state index in [1.807, 2.05) is 0 Å². The number of nitrogens with zero attached hydrogens (tertiary/aromatic N) is 2. The molecule has 0 spiro atoms. The van der Waals surface area contributed by atoms with Crippen molar-refractivity contribution in [2.45, 2.75) is 45.6 Å². The highest BCUT2D eigenvalue weighted by molar-refractivity contribution is 5.19. The Hall–Kier alpha value is -1.44. The van der Waals surface area contributed by atoms with E-state index in [2.05, 4.69) is 9.83 Å². The van der Waals surface area contributed by atoms with Crippen LogP contribution in [0.2, 0.25) is 0 Å². The summed E-state index contributed by atoms with van der Waals surface area (Å²) in [7, 11) is 0. The molecule has 1 aromatic heterocycles. The predicted octanol–water partition coefficient (Wildman–Crippen LogP) is 3.89. The maximum absolute atomic E-state index is 12.7. The highest BCUT2D eigenvalue weighted by Gasteiger charge is 2.36. The van der Waals surface area contributed by atoms with Crippen molar-refractivity contribution >= 4 is 0 Å². The molecule has 0 aliphatic rings. The molecule has 0 aromatic carbocycles. The van der Waals surface area contributed by atoms with E-state index in [0.717, 1.165) is 0 Å². The molecule has 0 N–H and O–H groups in total. The van der Waals surface area contributed by atoms with Gasteiger partial charge in [-0.05, 0) is 0 Å². The Morgan fingerprint density at radius 3 is 2.25 bits per heavy atom. The van der Waals surface area contributed by atoms with Crippen LogP contribution in [0.25, 0.3) is 4.85 Å². The summed E-state index contributed by atoms with van der Waals surface area (Å²) in [5.74, 6) is 0.0509. The normalized spacial score (nSPS) is 12.2. The lowest BCUT2D eigenvalue weighted by molar-refractivity contribution is 0.143. The molecule has 0 bridgehead atoms. The Kier molecular flexibility index (Phi) is 3.32. The summed E-state index contributed by atoms with van der Waals surface area (Å²) in [6, 6.07) is 0. The molecule has 0 radical (unpaired) electrons. The van der Waals surface area contributed by atoms with Gasteiger partial charge in [-0.15, -0.1) is 0 Å². The quantitative estimate of drug-likeness (QED) is 0.735. The molecule has 3 nitrogen and oxygen atoms in total. The minimum atomic E-state index is -2.67. The lowest BCUT2D eigenvalue weighted by atomic mass is 10.1. The Morgan fingerprint density at radius 1 is 1.38 bits per heavy atom. The van der Waals surface area contributed by atoms with Crippen LogP contribution in [0.5, 0.6) is 0 Å². The molecule has 5 heteroatoms. The van der Waals surface area contributed by atoms with Crippen molar-refractivity contribution in [1.82, 2.24) is 4.98 Å². The lowest BCUT2D eigenvalue weighted by Crippen LogP contribution is -2.11. The fourth-order valence-corrected chi connectivity index (χ4v) is 1.22. The van der Waals surface area contributed by atoms with Gasteiger partial charge in [0.25, 0.3) is 12.3 Å². The first-order valence-corrected chi connectivity index (χ1v) is 4.97. The molecule has 0 fully saturated rings. The minimum absolute atomic E-state index is 0.0569. The van der Waals surface area contributed by atoms with Gasteiger partial charge in [-0.1, -0.05) is 13.8 Å². The van der Waals surface area contributed by atoms with Gasteiger partial charge in [0.05, 0.1) is 0 Å². The molecular formula is C11H14F2N2O. The predicted molar refractivity (Wildman–Crippen MR) is 55.2 cm³/mol. The van der Waals surface area contributed by atoms with Crippen LogP contribution in [0.15, 0.2) is 4.42 Å². The molecular weight excluding hydrogens is 214 g/mol. The van der Waals surface area contributed by atoms with Gasteiger partial charge in [0.15, 0.2) is 0 Å². The molecule has 0 aliphatic carbocycles. The first-order valence-electron chi connectivity index (χ1n) is 4.97. The first kappa shape index (κ1) is 12.6. The van der Waals surface area contributed by atoms with Crippen molar-refractivity contribution in [2.75, 3.05) is 0 Å². The molecule has 16 heavy (non-hydrogen) atoms. The molecule has 1 rings (SSSR count). The van der Waals surface area contributed by atoms with Crippen LogP contribution in [0, 0.1) is 6.57 Å². The highest BCUT2D eigenvalue weighted by Crippen LogP contribution is 2.33. The van der Waals surface area contributed by atoms with E-state index in [4.69, 9.17) is 11.0 Å². The minimum Gasteiger partial charge on any atom is -0.438 e. The Bertz CT molecular complexity index is 391. The van der Waals surface area contributed by atoms with Crippen LogP contribution < -0.4 is 0 Å². The van der Waals surface area contributed by atoms with Gasteiger partial charge in [0.1, 0.15) is 11.5 Å². The van der Waals surface area contributed by atoms with Gasteiger partial charge in [-0.2, -0.15) is 0 Å². The van der Waals surface area contributed by atoms with E-state index in [-0.39, 0.29) is 23.3 Å². The van der Waals surface area contributed by atoms with E-state index < -0.39 is 12.0 Å². The van der Waals surface area contributed by atoms with Crippen LogP contribution in [0.1, 0.15) is 57.4 Å². The van der Waals surface area contributed by atoms with E-state index >= 15 is 0 Å². The molecule has 0 saturated heterocycles.